The van der Waals surface area contributed by atoms with E-state index in [-0.39, 0.29) is 12.0 Å². The summed E-state index contributed by atoms with van der Waals surface area (Å²) in [5.41, 5.74) is 0. The van der Waals surface area contributed by atoms with E-state index in [9.17, 15) is 4.79 Å². The van der Waals surface area contributed by atoms with Crippen LogP contribution in [0, 0.1) is 5.92 Å². The summed E-state index contributed by atoms with van der Waals surface area (Å²) in [6, 6.07) is -0.261. The van der Waals surface area contributed by atoms with Crippen molar-refractivity contribution >= 4 is 11.8 Å². The molecule has 0 bridgehead atoms. The summed E-state index contributed by atoms with van der Waals surface area (Å²) in [5, 5.41) is 6.29. The Morgan fingerprint density at radius 2 is 2.43 bits per heavy atom. The van der Waals surface area contributed by atoms with Gasteiger partial charge < -0.3 is 15.4 Å². The molecule has 1 fully saturated rings. The quantitative estimate of drug-likeness (QED) is 0.578. The number of esters is 1. The van der Waals surface area contributed by atoms with Crippen molar-refractivity contribution in [2.24, 2.45) is 10.9 Å². The maximum atomic E-state index is 11.2. The second-order valence-electron chi connectivity index (χ2n) is 3.74. The molecule has 0 spiro atoms. The molecule has 0 aromatic heterocycles. The molecule has 0 saturated carbocycles. The summed E-state index contributed by atoms with van der Waals surface area (Å²) in [5.74, 6) is 1.40. The van der Waals surface area contributed by atoms with E-state index >= 15 is 0 Å². The minimum atomic E-state index is -0.261. The number of rotatable bonds is 3. The number of hydrogen-bond acceptors (Lipinski definition) is 5. The maximum absolute atomic E-state index is 11.2. The van der Waals surface area contributed by atoms with E-state index in [1.54, 1.807) is 0 Å². The van der Waals surface area contributed by atoms with Gasteiger partial charge in [0.1, 0.15) is 6.04 Å². The van der Waals surface area contributed by atoms with Crippen molar-refractivity contribution in [3.63, 3.8) is 0 Å². The SMILES string of the molecule is COC(=O)C1CN=C(CC2CNC2)N1. The molecule has 0 aromatic carbocycles. The van der Waals surface area contributed by atoms with Crippen LogP contribution >= 0.6 is 0 Å². The average Bonchev–Trinajstić information content (AvgIpc) is 2.58. The second kappa shape index (κ2) is 3.96. The van der Waals surface area contributed by atoms with Crippen LogP contribution in [0.5, 0.6) is 0 Å². The fraction of sp³-hybridized carbons (Fsp3) is 0.778. The Balaban J connectivity index is 1.77. The number of nitrogens with zero attached hydrogens (tertiary/aromatic N) is 1. The lowest BCUT2D eigenvalue weighted by atomic mass is 9.99. The molecule has 1 atom stereocenters. The van der Waals surface area contributed by atoms with Crippen LogP contribution in [-0.2, 0) is 9.53 Å². The molecule has 14 heavy (non-hydrogen) atoms. The number of ether oxygens (including phenoxy) is 1. The van der Waals surface area contributed by atoms with E-state index in [0.29, 0.717) is 12.5 Å². The number of methoxy groups -OCH3 is 1. The lowest BCUT2D eigenvalue weighted by molar-refractivity contribution is -0.142. The van der Waals surface area contributed by atoms with Crippen LogP contribution in [0.3, 0.4) is 0 Å². The number of carbonyl (C=O) groups is 1. The lowest BCUT2D eigenvalue weighted by Crippen LogP contribution is -2.45. The lowest BCUT2D eigenvalue weighted by Gasteiger charge is -2.27. The Kier molecular flexibility index (Phi) is 2.67. The van der Waals surface area contributed by atoms with Crippen molar-refractivity contribution < 1.29 is 9.53 Å². The van der Waals surface area contributed by atoms with Gasteiger partial charge in [-0.25, -0.2) is 4.79 Å². The van der Waals surface area contributed by atoms with Crippen molar-refractivity contribution in [3.8, 4) is 0 Å². The maximum Gasteiger partial charge on any atom is 0.330 e. The zero-order valence-corrected chi connectivity index (χ0v) is 8.25. The van der Waals surface area contributed by atoms with E-state index in [1.807, 2.05) is 0 Å². The molecule has 2 N–H and O–H groups in total. The molecule has 0 amide bonds. The van der Waals surface area contributed by atoms with Crippen LogP contribution in [0.2, 0.25) is 0 Å². The second-order valence-corrected chi connectivity index (χ2v) is 3.74. The minimum Gasteiger partial charge on any atom is -0.467 e. The van der Waals surface area contributed by atoms with Gasteiger partial charge in [0.15, 0.2) is 0 Å². The third-order valence-electron chi connectivity index (χ3n) is 2.64. The summed E-state index contributed by atoms with van der Waals surface area (Å²) in [6.45, 7) is 2.63. The topological polar surface area (TPSA) is 62.7 Å². The fourth-order valence-corrected chi connectivity index (χ4v) is 1.66. The van der Waals surface area contributed by atoms with Crippen LogP contribution < -0.4 is 10.6 Å². The van der Waals surface area contributed by atoms with Crippen LogP contribution in [-0.4, -0.2) is 44.6 Å². The molecule has 2 rings (SSSR count). The number of carbonyl (C=O) groups excluding carboxylic acids is 1. The summed E-state index contributed by atoms with van der Waals surface area (Å²) >= 11 is 0. The highest BCUT2D eigenvalue weighted by Crippen LogP contribution is 2.11. The zero-order chi connectivity index (χ0) is 9.97. The van der Waals surface area contributed by atoms with Gasteiger partial charge in [-0.15, -0.1) is 0 Å². The van der Waals surface area contributed by atoms with E-state index in [0.717, 1.165) is 25.3 Å². The Morgan fingerprint density at radius 1 is 1.64 bits per heavy atom. The van der Waals surface area contributed by atoms with Crippen LogP contribution in [0.4, 0.5) is 0 Å². The molecular weight excluding hydrogens is 182 g/mol. The van der Waals surface area contributed by atoms with Crippen molar-refractivity contribution in [2.75, 3.05) is 26.7 Å². The molecule has 1 unspecified atom stereocenters. The summed E-state index contributed by atoms with van der Waals surface area (Å²) in [7, 11) is 1.40. The molecule has 5 heteroatoms. The summed E-state index contributed by atoms with van der Waals surface area (Å²) in [4.78, 5) is 15.4. The smallest absolute Gasteiger partial charge is 0.330 e. The fourth-order valence-electron chi connectivity index (χ4n) is 1.66. The highest BCUT2D eigenvalue weighted by molar-refractivity contribution is 5.90. The third-order valence-corrected chi connectivity index (χ3v) is 2.64. The molecular formula is C9H15N3O2. The van der Waals surface area contributed by atoms with Gasteiger partial charge >= 0.3 is 5.97 Å². The Labute approximate surface area is 82.9 Å². The van der Waals surface area contributed by atoms with Gasteiger partial charge in [-0.3, -0.25) is 4.99 Å². The van der Waals surface area contributed by atoms with E-state index < -0.39 is 0 Å². The number of hydrogen-bond donors (Lipinski definition) is 2. The summed E-state index contributed by atoms with van der Waals surface area (Å²) < 4.78 is 4.64. The highest BCUT2D eigenvalue weighted by atomic mass is 16.5. The van der Waals surface area contributed by atoms with E-state index in [1.165, 1.54) is 7.11 Å². The first-order valence-electron chi connectivity index (χ1n) is 4.88. The van der Waals surface area contributed by atoms with Crippen LogP contribution in [0.25, 0.3) is 0 Å². The predicted molar refractivity (Wildman–Crippen MR) is 52.2 cm³/mol. The first kappa shape index (κ1) is 9.45. The first-order valence-corrected chi connectivity index (χ1v) is 4.88. The first-order chi connectivity index (χ1) is 6.79. The number of nitrogens with one attached hydrogen (secondary N) is 2. The molecule has 0 radical (unpaired) electrons. The van der Waals surface area contributed by atoms with Crippen molar-refractivity contribution in [1.82, 2.24) is 10.6 Å². The van der Waals surface area contributed by atoms with Gasteiger partial charge in [-0.2, -0.15) is 0 Å². The molecule has 2 aliphatic heterocycles. The minimum absolute atomic E-state index is 0.226. The molecule has 2 heterocycles. The van der Waals surface area contributed by atoms with Gasteiger partial charge in [0.2, 0.25) is 0 Å². The van der Waals surface area contributed by atoms with Gasteiger partial charge in [-0.05, 0) is 19.0 Å². The third kappa shape index (κ3) is 1.87. The van der Waals surface area contributed by atoms with E-state index in [4.69, 9.17) is 0 Å². The van der Waals surface area contributed by atoms with E-state index in [2.05, 4.69) is 20.4 Å². The largest absolute Gasteiger partial charge is 0.467 e. The standard InChI is InChI=1S/C9H15N3O2/c1-14-9(13)7-5-11-8(12-7)2-6-3-10-4-6/h6-7,10H,2-5H2,1H3,(H,11,12). The van der Waals surface area contributed by atoms with Crippen LogP contribution in [0.15, 0.2) is 4.99 Å². The number of amidine groups is 1. The van der Waals surface area contributed by atoms with Gasteiger partial charge in [0.25, 0.3) is 0 Å². The monoisotopic (exact) mass is 197 g/mol. The highest BCUT2D eigenvalue weighted by Gasteiger charge is 2.27. The molecule has 1 saturated heterocycles. The van der Waals surface area contributed by atoms with Crippen molar-refractivity contribution in [1.29, 1.82) is 0 Å². The Bertz CT molecular complexity index is 261. The van der Waals surface area contributed by atoms with Gasteiger partial charge in [0.05, 0.1) is 19.5 Å². The average molecular weight is 197 g/mol. The molecule has 0 aliphatic carbocycles. The molecule has 78 valence electrons. The zero-order valence-electron chi connectivity index (χ0n) is 8.25. The Hall–Kier alpha value is -1.10. The van der Waals surface area contributed by atoms with Crippen molar-refractivity contribution in [3.05, 3.63) is 0 Å². The van der Waals surface area contributed by atoms with Gasteiger partial charge in [-0.1, -0.05) is 0 Å². The van der Waals surface area contributed by atoms with Crippen LogP contribution in [0.1, 0.15) is 6.42 Å². The summed E-state index contributed by atoms with van der Waals surface area (Å²) in [6.07, 6.45) is 0.945. The predicted octanol–water partition coefficient (Wildman–Crippen LogP) is -0.861. The normalized spacial score (nSPS) is 26.4. The van der Waals surface area contributed by atoms with Gasteiger partial charge in [0, 0.05) is 6.42 Å². The molecule has 5 nitrogen and oxygen atoms in total. The van der Waals surface area contributed by atoms with Crippen molar-refractivity contribution in [2.45, 2.75) is 12.5 Å². The number of aliphatic imine (C=N–C) groups is 1. The molecule has 0 aromatic rings. The molecule has 2 aliphatic rings. The Morgan fingerprint density at radius 3 is 3.00 bits per heavy atom.